The Bertz CT molecular complexity index is 841. The molecule has 7 heteroatoms. The van der Waals surface area contributed by atoms with Crippen molar-refractivity contribution in [3.05, 3.63) is 50.7 Å². The van der Waals surface area contributed by atoms with Crippen LogP contribution in [0.2, 0.25) is 0 Å². The van der Waals surface area contributed by atoms with Gasteiger partial charge in [0.1, 0.15) is 4.88 Å². The molecule has 2 heterocycles. The van der Waals surface area contributed by atoms with Crippen LogP contribution in [0.4, 0.5) is 5.69 Å². The zero-order valence-electron chi connectivity index (χ0n) is 13.3. The number of carbonyl (C=O) groups is 3. The lowest BCUT2D eigenvalue weighted by molar-refractivity contribution is -0.115. The van der Waals surface area contributed by atoms with E-state index in [0.717, 1.165) is 28.2 Å². The topological polar surface area (TPSA) is 84.5 Å². The molecule has 3 rings (SSSR count). The zero-order chi connectivity index (χ0) is 17.3. The van der Waals surface area contributed by atoms with E-state index in [1.165, 1.54) is 7.11 Å². The zero-order valence-corrected chi connectivity index (χ0v) is 14.1. The summed E-state index contributed by atoms with van der Waals surface area (Å²) in [6, 6.07) is 7.25. The van der Waals surface area contributed by atoms with Gasteiger partial charge in [0.05, 0.1) is 18.4 Å². The second kappa shape index (κ2) is 6.45. The molecule has 0 radical (unpaired) electrons. The molecule has 2 aromatic rings. The number of methoxy groups -OCH3 is 1. The molecule has 1 aromatic carbocycles. The smallest absolute Gasteiger partial charge is 0.348 e. The van der Waals surface area contributed by atoms with Crippen molar-refractivity contribution >= 4 is 34.8 Å². The van der Waals surface area contributed by atoms with Crippen LogP contribution in [-0.4, -0.2) is 24.9 Å². The van der Waals surface area contributed by atoms with Gasteiger partial charge in [-0.05, 0) is 35.7 Å². The molecule has 0 saturated heterocycles. The van der Waals surface area contributed by atoms with Crippen LogP contribution in [0.15, 0.2) is 24.3 Å². The molecule has 0 spiro atoms. The van der Waals surface area contributed by atoms with Gasteiger partial charge in [-0.15, -0.1) is 11.3 Å². The minimum Gasteiger partial charge on any atom is -0.465 e. The summed E-state index contributed by atoms with van der Waals surface area (Å²) < 4.78 is 4.70. The SMILES string of the molecule is COC(=O)c1sc(C(=O)NCc2cccc3c2CC(=O)N3)cc1C. The predicted molar refractivity (Wildman–Crippen MR) is 90.3 cm³/mol. The van der Waals surface area contributed by atoms with E-state index in [0.29, 0.717) is 28.3 Å². The Labute approximate surface area is 142 Å². The van der Waals surface area contributed by atoms with Gasteiger partial charge < -0.3 is 15.4 Å². The number of esters is 1. The third-order valence-electron chi connectivity index (χ3n) is 3.84. The summed E-state index contributed by atoms with van der Waals surface area (Å²) in [4.78, 5) is 36.3. The van der Waals surface area contributed by atoms with Gasteiger partial charge >= 0.3 is 5.97 Å². The summed E-state index contributed by atoms with van der Waals surface area (Å²) in [6.45, 7) is 2.09. The van der Waals surface area contributed by atoms with Gasteiger partial charge in [0.25, 0.3) is 5.91 Å². The van der Waals surface area contributed by atoms with Crippen molar-refractivity contribution in [3.63, 3.8) is 0 Å². The highest BCUT2D eigenvalue weighted by Crippen LogP contribution is 2.26. The second-order valence-corrected chi connectivity index (χ2v) is 6.52. The molecule has 124 valence electrons. The van der Waals surface area contributed by atoms with Crippen molar-refractivity contribution < 1.29 is 19.1 Å². The Kier molecular flexibility index (Phi) is 4.35. The Balaban J connectivity index is 1.72. The highest BCUT2D eigenvalue weighted by atomic mass is 32.1. The molecular weight excluding hydrogens is 328 g/mol. The lowest BCUT2D eigenvalue weighted by atomic mass is 10.0. The lowest BCUT2D eigenvalue weighted by Gasteiger charge is -2.08. The van der Waals surface area contributed by atoms with Gasteiger partial charge in [0.2, 0.25) is 5.91 Å². The Morgan fingerprint density at radius 2 is 2.17 bits per heavy atom. The molecule has 0 bridgehead atoms. The van der Waals surface area contributed by atoms with E-state index in [1.807, 2.05) is 18.2 Å². The number of fused-ring (bicyclic) bond motifs is 1. The standard InChI is InChI=1S/C17H16N2O4S/c1-9-6-13(24-15(9)17(22)23-2)16(21)18-8-10-4-3-5-12-11(10)7-14(20)19-12/h3-6H,7-8H2,1-2H3,(H,18,21)(H,19,20). The third kappa shape index (κ3) is 3.03. The van der Waals surface area contributed by atoms with E-state index in [1.54, 1.807) is 13.0 Å². The quantitative estimate of drug-likeness (QED) is 0.833. The minimum atomic E-state index is -0.443. The van der Waals surface area contributed by atoms with E-state index < -0.39 is 5.97 Å². The van der Waals surface area contributed by atoms with Crippen molar-refractivity contribution in [1.29, 1.82) is 0 Å². The van der Waals surface area contributed by atoms with Crippen molar-refractivity contribution in [2.45, 2.75) is 19.9 Å². The number of hydrogen-bond acceptors (Lipinski definition) is 5. The molecule has 1 aliphatic rings. The maximum atomic E-state index is 12.3. The first-order chi connectivity index (χ1) is 11.5. The number of amides is 2. The molecule has 24 heavy (non-hydrogen) atoms. The van der Waals surface area contributed by atoms with Crippen LogP contribution >= 0.6 is 11.3 Å². The summed E-state index contributed by atoms with van der Waals surface area (Å²) in [5, 5.41) is 5.62. The van der Waals surface area contributed by atoms with Gasteiger partial charge in [-0.3, -0.25) is 9.59 Å². The highest BCUT2D eigenvalue weighted by molar-refractivity contribution is 7.16. The molecule has 0 unspecified atom stereocenters. The second-order valence-electron chi connectivity index (χ2n) is 5.47. The molecule has 1 aliphatic heterocycles. The molecule has 2 amide bonds. The monoisotopic (exact) mass is 344 g/mol. The molecule has 0 atom stereocenters. The highest BCUT2D eigenvalue weighted by Gasteiger charge is 2.21. The molecule has 0 saturated carbocycles. The van der Waals surface area contributed by atoms with Gasteiger partial charge in [-0.25, -0.2) is 4.79 Å². The van der Waals surface area contributed by atoms with E-state index in [9.17, 15) is 14.4 Å². The molecule has 0 fully saturated rings. The van der Waals surface area contributed by atoms with Crippen LogP contribution in [0.5, 0.6) is 0 Å². The van der Waals surface area contributed by atoms with E-state index in [4.69, 9.17) is 4.74 Å². The summed E-state index contributed by atoms with van der Waals surface area (Å²) in [5.74, 6) is -0.740. The van der Waals surface area contributed by atoms with E-state index in [-0.39, 0.29) is 11.8 Å². The van der Waals surface area contributed by atoms with Gasteiger partial charge in [0, 0.05) is 12.2 Å². The predicted octanol–water partition coefficient (Wildman–Crippen LogP) is 2.27. The number of thiophene rings is 1. The first-order valence-corrected chi connectivity index (χ1v) is 8.19. The van der Waals surface area contributed by atoms with Crippen molar-refractivity contribution in [1.82, 2.24) is 5.32 Å². The fourth-order valence-corrected chi connectivity index (χ4v) is 3.64. The summed E-state index contributed by atoms with van der Waals surface area (Å²) in [6.07, 6.45) is 0.325. The third-order valence-corrected chi connectivity index (χ3v) is 5.05. The molecular formula is C17H16N2O4S. The first kappa shape index (κ1) is 16.2. The van der Waals surface area contributed by atoms with Crippen molar-refractivity contribution in [3.8, 4) is 0 Å². The fraction of sp³-hybridized carbons (Fsp3) is 0.235. The Hall–Kier alpha value is -2.67. The van der Waals surface area contributed by atoms with Crippen LogP contribution < -0.4 is 10.6 Å². The van der Waals surface area contributed by atoms with Crippen LogP contribution in [0.3, 0.4) is 0 Å². The van der Waals surface area contributed by atoms with Gasteiger partial charge in [0.15, 0.2) is 0 Å². The average molecular weight is 344 g/mol. The largest absolute Gasteiger partial charge is 0.465 e. The summed E-state index contributed by atoms with van der Waals surface area (Å²) in [7, 11) is 1.31. The number of aryl methyl sites for hydroxylation is 1. The Morgan fingerprint density at radius 1 is 1.38 bits per heavy atom. The van der Waals surface area contributed by atoms with Crippen LogP contribution in [0.1, 0.15) is 36.0 Å². The molecule has 0 aliphatic carbocycles. The van der Waals surface area contributed by atoms with E-state index in [2.05, 4.69) is 10.6 Å². The van der Waals surface area contributed by atoms with Gasteiger partial charge in [-0.2, -0.15) is 0 Å². The number of nitrogens with one attached hydrogen (secondary N) is 2. The average Bonchev–Trinajstić information content (AvgIpc) is 3.14. The van der Waals surface area contributed by atoms with Crippen LogP contribution in [0.25, 0.3) is 0 Å². The minimum absolute atomic E-state index is 0.0413. The van der Waals surface area contributed by atoms with Crippen LogP contribution in [0, 0.1) is 6.92 Å². The Morgan fingerprint density at radius 3 is 2.92 bits per heavy atom. The lowest BCUT2D eigenvalue weighted by Crippen LogP contribution is -2.22. The number of benzene rings is 1. The number of ether oxygens (including phenoxy) is 1. The molecule has 2 N–H and O–H groups in total. The maximum Gasteiger partial charge on any atom is 0.348 e. The van der Waals surface area contributed by atoms with E-state index >= 15 is 0 Å². The number of carbonyl (C=O) groups excluding carboxylic acids is 3. The normalized spacial score (nSPS) is 12.5. The molecule has 6 nitrogen and oxygen atoms in total. The fourth-order valence-electron chi connectivity index (χ4n) is 2.63. The van der Waals surface area contributed by atoms with Crippen molar-refractivity contribution in [2.24, 2.45) is 0 Å². The number of anilines is 1. The van der Waals surface area contributed by atoms with Crippen molar-refractivity contribution in [2.75, 3.05) is 12.4 Å². The van der Waals surface area contributed by atoms with Gasteiger partial charge in [-0.1, -0.05) is 12.1 Å². The maximum absolute atomic E-state index is 12.3. The summed E-state index contributed by atoms with van der Waals surface area (Å²) in [5.41, 5.74) is 3.33. The number of hydrogen-bond donors (Lipinski definition) is 2. The first-order valence-electron chi connectivity index (χ1n) is 7.37. The summed E-state index contributed by atoms with van der Waals surface area (Å²) >= 11 is 1.11. The number of rotatable bonds is 4. The molecule has 1 aromatic heterocycles. The van der Waals surface area contributed by atoms with Crippen LogP contribution in [-0.2, 0) is 22.5 Å².